The summed E-state index contributed by atoms with van der Waals surface area (Å²) in [7, 11) is 0. The molecular weight excluding hydrogens is 212 g/mol. The number of rotatable bonds is 1. The van der Waals surface area contributed by atoms with Gasteiger partial charge >= 0.3 is 0 Å². The van der Waals surface area contributed by atoms with Gasteiger partial charge in [0.15, 0.2) is 5.82 Å². The van der Waals surface area contributed by atoms with Crippen molar-refractivity contribution in [3.8, 4) is 11.4 Å². The van der Waals surface area contributed by atoms with Gasteiger partial charge in [0.05, 0.1) is 0 Å². The van der Waals surface area contributed by atoms with Gasteiger partial charge in [0.1, 0.15) is 5.82 Å². The van der Waals surface area contributed by atoms with Gasteiger partial charge in [-0.15, -0.1) is 0 Å². The Hall–Kier alpha value is -1.68. The maximum Gasteiger partial charge on any atom is 0.181 e. The highest BCUT2D eigenvalue weighted by Gasteiger charge is 2.19. The molecule has 4 nitrogen and oxygen atoms in total. The van der Waals surface area contributed by atoms with E-state index in [1.807, 2.05) is 16.8 Å². The average Bonchev–Trinajstić information content (AvgIpc) is 2.72. The molecule has 17 heavy (non-hydrogen) atoms. The number of aryl methyl sites for hydroxylation is 2. The Balaban J connectivity index is 2.00. The highest BCUT2D eigenvalue weighted by molar-refractivity contribution is 5.55. The van der Waals surface area contributed by atoms with Gasteiger partial charge in [-0.05, 0) is 19.4 Å². The molecule has 0 aliphatic carbocycles. The van der Waals surface area contributed by atoms with Crippen LogP contribution in [0.3, 0.4) is 0 Å². The summed E-state index contributed by atoms with van der Waals surface area (Å²) in [5.74, 6) is 1.83. The van der Waals surface area contributed by atoms with Crippen molar-refractivity contribution in [1.82, 2.24) is 14.8 Å². The van der Waals surface area contributed by atoms with E-state index in [0.717, 1.165) is 36.6 Å². The minimum Gasteiger partial charge on any atom is -0.327 e. The van der Waals surface area contributed by atoms with Gasteiger partial charge in [0.2, 0.25) is 0 Å². The van der Waals surface area contributed by atoms with Gasteiger partial charge in [0.25, 0.3) is 0 Å². The summed E-state index contributed by atoms with van der Waals surface area (Å²) in [4.78, 5) is 4.58. The Morgan fingerprint density at radius 2 is 2.29 bits per heavy atom. The van der Waals surface area contributed by atoms with Crippen LogP contribution in [0.15, 0.2) is 24.3 Å². The minimum atomic E-state index is 0.233. The summed E-state index contributed by atoms with van der Waals surface area (Å²) in [6.45, 7) is 2.96. The SMILES string of the molecule is Cc1cccc(-c2nc3n(n2)CCC(N)C3)c1. The van der Waals surface area contributed by atoms with Crippen LogP contribution in [0.1, 0.15) is 17.8 Å². The van der Waals surface area contributed by atoms with Gasteiger partial charge in [-0.2, -0.15) is 5.10 Å². The van der Waals surface area contributed by atoms with Crippen molar-refractivity contribution >= 4 is 0 Å². The third kappa shape index (κ3) is 1.96. The second kappa shape index (κ2) is 3.96. The molecule has 88 valence electrons. The molecule has 3 rings (SSSR count). The molecule has 0 amide bonds. The van der Waals surface area contributed by atoms with Crippen LogP contribution in [-0.4, -0.2) is 20.8 Å². The lowest BCUT2D eigenvalue weighted by atomic mass is 10.1. The second-order valence-electron chi connectivity index (χ2n) is 4.70. The van der Waals surface area contributed by atoms with Gasteiger partial charge in [-0.3, -0.25) is 0 Å². The van der Waals surface area contributed by atoms with E-state index < -0.39 is 0 Å². The van der Waals surface area contributed by atoms with Crippen molar-refractivity contribution in [1.29, 1.82) is 0 Å². The van der Waals surface area contributed by atoms with E-state index in [4.69, 9.17) is 5.73 Å². The number of nitrogens with two attached hydrogens (primary N) is 1. The average molecular weight is 228 g/mol. The Labute approximate surface area is 100 Å². The van der Waals surface area contributed by atoms with Gasteiger partial charge < -0.3 is 5.73 Å². The molecule has 2 N–H and O–H groups in total. The predicted octanol–water partition coefficient (Wildman–Crippen LogP) is 1.53. The lowest BCUT2D eigenvalue weighted by Crippen LogP contribution is -2.31. The van der Waals surface area contributed by atoms with Crippen molar-refractivity contribution in [2.24, 2.45) is 5.73 Å². The van der Waals surface area contributed by atoms with Crippen LogP contribution in [0.4, 0.5) is 0 Å². The van der Waals surface area contributed by atoms with E-state index in [9.17, 15) is 0 Å². The first kappa shape index (κ1) is 10.5. The molecule has 1 aromatic carbocycles. The number of hydrogen-bond acceptors (Lipinski definition) is 3. The molecule has 0 radical (unpaired) electrons. The maximum atomic E-state index is 5.94. The van der Waals surface area contributed by atoms with Crippen molar-refractivity contribution in [3.63, 3.8) is 0 Å². The lowest BCUT2D eigenvalue weighted by Gasteiger charge is -2.17. The van der Waals surface area contributed by atoms with Gasteiger partial charge in [0, 0.05) is 24.6 Å². The van der Waals surface area contributed by atoms with E-state index in [0.29, 0.717) is 0 Å². The molecule has 0 bridgehead atoms. The molecule has 4 heteroatoms. The minimum absolute atomic E-state index is 0.233. The summed E-state index contributed by atoms with van der Waals surface area (Å²) in [5, 5.41) is 4.55. The molecule has 0 fully saturated rings. The van der Waals surface area contributed by atoms with E-state index in [-0.39, 0.29) is 6.04 Å². The third-order valence-electron chi connectivity index (χ3n) is 3.18. The lowest BCUT2D eigenvalue weighted by molar-refractivity contribution is 0.433. The van der Waals surface area contributed by atoms with Crippen LogP contribution in [-0.2, 0) is 13.0 Å². The first-order chi connectivity index (χ1) is 8.22. The Kier molecular flexibility index (Phi) is 2.44. The molecular formula is C13H16N4. The number of fused-ring (bicyclic) bond motifs is 1. The summed E-state index contributed by atoms with van der Waals surface area (Å²) in [5.41, 5.74) is 8.25. The van der Waals surface area contributed by atoms with Crippen LogP contribution >= 0.6 is 0 Å². The van der Waals surface area contributed by atoms with Crippen LogP contribution in [0, 0.1) is 6.92 Å². The van der Waals surface area contributed by atoms with Crippen molar-refractivity contribution in [2.75, 3.05) is 0 Å². The van der Waals surface area contributed by atoms with E-state index in [1.54, 1.807) is 0 Å². The van der Waals surface area contributed by atoms with Crippen LogP contribution in [0.2, 0.25) is 0 Å². The van der Waals surface area contributed by atoms with Gasteiger partial charge in [-0.25, -0.2) is 9.67 Å². The largest absolute Gasteiger partial charge is 0.327 e. The fourth-order valence-corrected chi connectivity index (χ4v) is 2.24. The quantitative estimate of drug-likeness (QED) is 0.805. The molecule has 2 heterocycles. The van der Waals surface area contributed by atoms with Crippen LogP contribution in [0.25, 0.3) is 11.4 Å². The zero-order valence-electron chi connectivity index (χ0n) is 9.93. The van der Waals surface area contributed by atoms with Crippen LogP contribution < -0.4 is 5.73 Å². The summed E-state index contributed by atoms with van der Waals surface area (Å²) in [6.07, 6.45) is 1.82. The zero-order chi connectivity index (χ0) is 11.8. The predicted molar refractivity (Wildman–Crippen MR) is 66.5 cm³/mol. The number of hydrogen-bond donors (Lipinski definition) is 1. The van der Waals surface area contributed by atoms with Crippen LogP contribution in [0.5, 0.6) is 0 Å². The highest BCUT2D eigenvalue weighted by Crippen LogP contribution is 2.20. The number of aromatic nitrogens is 3. The summed E-state index contributed by atoms with van der Waals surface area (Å²) >= 11 is 0. The van der Waals surface area contributed by atoms with Gasteiger partial charge in [-0.1, -0.05) is 23.8 Å². The monoisotopic (exact) mass is 228 g/mol. The third-order valence-corrected chi connectivity index (χ3v) is 3.18. The number of nitrogens with zero attached hydrogens (tertiary/aromatic N) is 3. The van der Waals surface area contributed by atoms with Crippen molar-refractivity contribution in [2.45, 2.75) is 32.4 Å². The Bertz CT molecular complexity index is 544. The smallest absolute Gasteiger partial charge is 0.181 e. The molecule has 1 aliphatic rings. The number of benzene rings is 1. The molecule has 1 atom stereocenters. The Morgan fingerprint density at radius 3 is 3.12 bits per heavy atom. The maximum absolute atomic E-state index is 5.94. The molecule has 0 saturated heterocycles. The molecule has 1 aliphatic heterocycles. The summed E-state index contributed by atoms with van der Waals surface area (Å²) < 4.78 is 1.99. The molecule has 0 spiro atoms. The van der Waals surface area contributed by atoms with E-state index in [2.05, 4.69) is 29.1 Å². The Morgan fingerprint density at radius 1 is 1.41 bits per heavy atom. The molecule has 0 saturated carbocycles. The summed E-state index contributed by atoms with van der Waals surface area (Å²) in [6, 6.07) is 8.51. The zero-order valence-corrected chi connectivity index (χ0v) is 9.93. The normalized spacial score (nSPS) is 19.1. The molecule has 1 aromatic heterocycles. The van der Waals surface area contributed by atoms with E-state index in [1.165, 1.54) is 5.56 Å². The second-order valence-corrected chi connectivity index (χ2v) is 4.70. The van der Waals surface area contributed by atoms with E-state index >= 15 is 0 Å². The fraction of sp³-hybridized carbons (Fsp3) is 0.385. The highest BCUT2D eigenvalue weighted by atomic mass is 15.4. The molecule has 2 aromatic rings. The first-order valence-corrected chi connectivity index (χ1v) is 5.99. The fourth-order valence-electron chi connectivity index (χ4n) is 2.24. The van der Waals surface area contributed by atoms with Crippen molar-refractivity contribution < 1.29 is 0 Å². The van der Waals surface area contributed by atoms with Crippen molar-refractivity contribution in [3.05, 3.63) is 35.7 Å². The topological polar surface area (TPSA) is 56.7 Å². The standard InChI is InChI=1S/C13H16N4/c1-9-3-2-4-10(7-9)13-15-12-8-11(14)5-6-17(12)16-13/h2-4,7,11H,5-6,8,14H2,1H3. The molecule has 1 unspecified atom stereocenters. The first-order valence-electron chi connectivity index (χ1n) is 5.99.